The van der Waals surface area contributed by atoms with E-state index < -0.39 is 0 Å². The molecule has 2 aromatic rings. The van der Waals surface area contributed by atoms with Gasteiger partial charge < -0.3 is 9.84 Å². The Morgan fingerprint density at radius 1 is 1.33 bits per heavy atom. The number of nitrogens with zero attached hydrogens (tertiary/aromatic N) is 1. The number of halogens is 1. The smallest absolute Gasteiger partial charge is 0.177 e. The van der Waals surface area contributed by atoms with Gasteiger partial charge in [0.05, 0.1) is 5.39 Å². The third kappa shape index (κ3) is 2.78. The number of alkyl halides is 1. The number of benzene rings is 1. The minimum Gasteiger partial charge on any atom is -0.363 e. The third-order valence-electron chi connectivity index (χ3n) is 3.13. The van der Waals surface area contributed by atoms with Gasteiger partial charge in [-0.2, -0.15) is 0 Å². The Morgan fingerprint density at radius 2 is 2.06 bits per heavy atom. The standard InChI is InChI=1S/C14H19ClN2O/c1-14(2,3)12(8-9-15)16-13-10-6-4-5-7-11(10)18-17-13/h4-7,12H,8-9H2,1-3H3,(H,16,17). The molecule has 2 rings (SSSR count). The predicted octanol–water partition coefficient (Wildman–Crippen LogP) is 4.28. The van der Waals surface area contributed by atoms with Crippen molar-refractivity contribution in [1.82, 2.24) is 5.16 Å². The second-order valence-electron chi connectivity index (χ2n) is 5.57. The molecule has 0 aliphatic heterocycles. The molecular weight excluding hydrogens is 248 g/mol. The number of rotatable bonds is 4. The number of para-hydroxylation sites is 1. The molecule has 1 heterocycles. The molecule has 0 saturated heterocycles. The SMILES string of the molecule is CC(C)(C)C(CCCl)Nc1noc2ccccc12. The maximum Gasteiger partial charge on any atom is 0.177 e. The monoisotopic (exact) mass is 266 g/mol. The van der Waals surface area contributed by atoms with E-state index in [-0.39, 0.29) is 11.5 Å². The van der Waals surface area contributed by atoms with Gasteiger partial charge in [0.25, 0.3) is 0 Å². The molecule has 18 heavy (non-hydrogen) atoms. The van der Waals surface area contributed by atoms with Crippen molar-refractivity contribution in [2.24, 2.45) is 5.41 Å². The van der Waals surface area contributed by atoms with Crippen molar-refractivity contribution in [3.63, 3.8) is 0 Å². The quantitative estimate of drug-likeness (QED) is 0.839. The van der Waals surface area contributed by atoms with Gasteiger partial charge >= 0.3 is 0 Å². The van der Waals surface area contributed by atoms with Gasteiger partial charge in [0.2, 0.25) is 0 Å². The molecular formula is C14H19ClN2O. The zero-order valence-corrected chi connectivity index (χ0v) is 11.8. The van der Waals surface area contributed by atoms with Gasteiger partial charge in [0.1, 0.15) is 0 Å². The Balaban J connectivity index is 2.26. The number of nitrogens with one attached hydrogen (secondary N) is 1. The number of aromatic nitrogens is 1. The lowest BCUT2D eigenvalue weighted by molar-refractivity contribution is 0.332. The lowest BCUT2D eigenvalue weighted by atomic mass is 9.85. The summed E-state index contributed by atoms with van der Waals surface area (Å²) >= 11 is 5.88. The van der Waals surface area contributed by atoms with E-state index in [0.717, 1.165) is 23.2 Å². The van der Waals surface area contributed by atoms with Gasteiger partial charge in [0.15, 0.2) is 11.4 Å². The Bertz CT molecular complexity index is 516. The van der Waals surface area contributed by atoms with Crippen LogP contribution in [0.4, 0.5) is 5.82 Å². The summed E-state index contributed by atoms with van der Waals surface area (Å²) < 4.78 is 5.30. The van der Waals surface area contributed by atoms with E-state index in [2.05, 4.69) is 31.2 Å². The highest BCUT2D eigenvalue weighted by Gasteiger charge is 2.25. The van der Waals surface area contributed by atoms with Gasteiger partial charge in [-0.05, 0) is 24.0 Å². The zero-order valence-electron chi connectivity index (χ0n) is 11.0. The molecule has 0 spiro atoms. The van der Waals surface area contributed by atoms with Crippen molar-refractivity contribution in [2.45, 2.75) is 33.2 Å². The second kappa shape index (κ2) is 5.19. The lowest BCUT2D eigenvalue weighted by Gasteiger charge is -2.31. The maximum atomic E-state index is 5.88. The number of fused-ring (bicyclic) bond motifs is 1. The van der Waals surface area contributed by atoms with Crippen LogP contribution in [0.3, 0.4) is 0 Å². The van der Waals surface area contributed by atoms with Crippen molar-refractivity contribution in [3.8, 4) is 0 Å². The fourth-order valence-electron chi connectivity index (χ4n) is 1.99. The summed E-state index contributed by atoms with van der Waals surface area (Å²) in [6, 6.07) is 8.12. The Labute approximate surface area is 112 Å². The van der Waals surface area contributed by atoms with Crippen LogP contribution in [0.2, 0.25) is 0 Å². The van der Waals surface area contributed by atoms with Crippen molar-refractivity contribution >= 4 is 28.4 Å². The topological polar surface area (TPSA) is 38.1 Å². The van der Waals surface area contributed by atoms with E-state index in [1.165, 1.54) is 0 Å². The van der Waals surface area contributed by atoms with Crippen LogP contribution < -0.4 is 5.32 Å². The summed E-state index contributed by atoms with van der Waals surface area (Å²) in [4.78, 5) is 0. The van der Waals surface area contributed by atoms with E-state index in [9.17, 15) is 0 Å². The fourth-order valence-corrected chi connectivity index (χ4v) is 2.20. The van der Waals surface area contributed by atoms with E-state index in [1.54, 1.807) is 0 Å². The summed E-state index contributed by atoms with van der Waals surface area (Å²) in [7, 11) is 0. The van der Waals surface area contributed by atoms with Crippen LogP contribution in [0.1, 0.15) is 27.2 Å². The second-order valence-corrected chi connectivity index (χ2v) is 5.95. The predicted molar refractivity (Wildman–Crippen MR) is 76.2 cm³/mol. The molecule has 0 bridgehead atoms. The average Bonchev–Trinajstić information content (AvgIpc) is 2.71. The van der Waals surface area contributed by atoms with E-state index in [4.69, 9.17) is 16.1 Å². The number of hydrogen-bond donors (Lipinski definition) is 1. The van der Waals surface area contributed by atoms with Crippen molar-refractivity contribution in [1.29, 1.82) is 0 Å². The molecule has 0 amide bonds. The van der Waals surface area contributed by atoms with Crippen LogP contribution in [-0.4, -0.2) is 17.1 Å². The summed E-state index contributed by atoms with van der Waals surface area (Å²) in [5.74, 6) is 1.43. The minimum atomic E-state index is 0.120. The molecule has 98 valence electrons. The van der Waals surface area contributed by atoms with Gasteiger partial charge in [-0.25, -0.2) is 0 Å². The Morgan fingerprint density at radius 3 is 2.72 bits per heavy atom. The molecule has 1 unspecified atom stereocenters. The average molecular weight is 267 g/mol. The van der Waals surface area contributed by atoms with Crippen LogP contribution in [-0.2, 0) is 0 Å². The van der Waals surface area contributed by atoms with Crippen molar-refractivity contribution in [3.05, 3.63) is 24.3 Å². The van der Waals surface area contributed by atoms with Crippen LogP contribution in [0.25, 0.3) is 11.0 Å². The summed E-state index contributed by atoms with van der Waals surface area (Å²) in [5, 5.41) is 8.57. The molecule has 0 radical (unpaired) electrons. The highest BCUT2D eigenvalue weighted by molar-refractivity contribution is 6.17. The van der Waals surface area contributed by atoms with Crippen molar-refractivity contribution < 1.29 is 4.52 Å². The van der Waals surface area contributed by atoms with E-state index >= 15 is 0 Å². The zero-order chi connectivity index (χ0) is 13.2. The molecule has 1 atom stereocenters. The molecule has 1 aromatic carbocycles. The van der Waals surface area contributed by atoms with Gasteiger partial charge in [-0.1, -0.05) is 38.1 Å². The molecule has 0 saturated carbocycles. The molecule has 3 nitrogen and oxygen atoms in total. The first-order valence-corrected chi connectivity index (χ1v) is 6.73. The van der Waals surface area contributed by atoms with E-state index in [0.29, 0.717) is 5.88 Å². The first-order chi connectivity index (χ1) is 8.52. The van der Waals surface area contributed by atoms with Gasteiger partial charge in [-0.15, -0.1) is 11.6 Å². The fraction of sp³-hybridized carbons (Fsp3) is 0.500. The summed E-state index contributed by atoms with van der Waals surface area (Å²) in [5.41, 5.74) is 0.924. The van der Waals surface area contributed by atoms with Gasteiger partial charge in [-0.3, -0.25) is 0 Å². The molecule has 0 fully saturated rings. The molecule has 0 aliphatic rings. The van der Waals surface area contributed by atoms with Crippen LogP contribution in [0, 0.1) is 5.41 Å². The van der Waals surface area contributed by atoms with Crippen LogP contribution in [0.15, 0.2) is 28.8 Å². The largest absolute Gasteiger partial charge is 0.363 e. The summed E-state index contributed by atoms with van der Waals surface area (Å²) in [6.07, 6.45) is 0.895. The normalized spacial score (nSPS) is 13.8. The molecule has 1 N–H and O–H groups in total. The van der Waals surface area contributed by atoms with Crippen molar-refractivity contribution in [2.75, 3.05) is 11.2 Å². The highest BCUT2D eigenvalue weighted by atomic mass is 35.5. The Kier molecular flexibility index (Phi) is 3.81. The van der Waals surface area contributed by atoms with E-state index in [1.807, 2.05) is 24.3 Å². The maximum absolute atomic E-state index is 5.88. The number of anilines is 1. The highest BCUT2D eigenvalue weighted by Crippen LogP contribution is 2.29. The van der Waals surface area contributed by atoms with Crippen LogP contribution in [0.5, 0.6) is 0 Å². The van der Waals surface area contributed by atoms with Gasteiger partial charge in [0, 0.05) is 11.9 Å². The minimum absolute atomic E-state index is 0.120. The lowest BCUT2D eigenvalue weighted by Crippen LogP contribution is -2.34. The van der Waals surface area contributed by atoms with Crippen LogP contribution >= 0.6 is 11.6 Å². The summed E-state index contributed by atoms with van der Waals surface area (Å²) in [6.45, 7) is 6.58. The molecule has 1 aromatic heterocycles. The molecule has 4 heteroatoms. The number of hydrogen-bond acceptors (Lipinski definition) is 3. The molecule has 0 aliphatic carbocycles. The first-order valence-electron chi connectivity index (χ1n) is 6.19. The first kappa shape index (κ1) is 13.2. The third-order valence-corrected chi connectivity index (χ3v) is 3.35. The Hall–Kier alpha value is -1.22.